The van der Waals surface area contributed by atoms with E-state index in [1.165, 1.54) is 14.9 Å². The van der Waals surface area contributed by atoms with Crippen LogP contribution in [0.3, 0.4) is 0 Å². The van der Waals surface area contributed by atoms with E-state index in [-0.39, 0.29) is 0 Å². The lowest BCUT2D eigenvalue weighted by Crippen LogP contribution is -2.30. The van der Waals surface area contributed by atoms with E-state index in [4.69, 9.17) is 0 Å². The minimum Gasteiger partial charge on any atom is -0.316 e. The molecule has 0 aliphatic carbocycles. The maximum absolute atomic E-state index is 3.62. The van der Waals surface area contributed by atoms with Gasteiger partial charge in [-0.25, -0.2) is 0 Å². The van der Waals surface area contributed by atoms with Crippen molar-refractivity contribution in [3.8, 4) is 0 Å². The van der Waals surface area contributed by atoms with E-state index >= 15 is 0 Å². The summed E-state index contributed by atoms with van der Waals surface area (Å²) in [5.74, 6) is 1.06. The molecular weight excluding hydrogens is 398 g/mol. The average Bonchev–Trinajstić information content (AvgIpc) is 2.47. The number of thioether (sulfide) groups is 1. The summed E-state index contributed by atoms with van der Waals surface area (Å²) in [6, 6.07) is 17.4. The van der Waals surface area contributed by atoms with Crippen LogP contribution < -0.4 is 5.32 Å². The number of hydrogen-bond donors (Lipinski definition) is 1. The summed E-state index contributed by atoms with van der Waals surface area (Å²) in [5, 5.41) is 3.41. The third-order valence-corrected chi connectivity index (χ3v) is 5.57. The first-order valence-electron chi connectivity index (χ1n) is 6.48. The van der Waals surface area contributed by atoms with Crippen LogP contribution in [0.15, 0.2) is 62.4 Å². The Morgan fingerprint density at radius 2 is 1.75 bits per heavy atom. The number of hydrogen-bond acceptors (Lipinski definition) is 2. The van der Waals surface area contributed by atoms with E-state index in [0.29, 0.717) is 6.04 Å². The second-order valence-electron chi connectivity index (χ2n) is 4.55. The van der Waals surface area contributed by atoms with E-state index in [0.717, 1.165) is 16.6 Å². The molecule has 0 radical (unpaired) electrons. The van der Waals surface area contributed by atoms with Gasteiger partial charge >= 0.3 is 0 Å². The topological polar surface area (TPSA) is 12.0 Å². The number of nitrogens with one attached hydrogen (secondary N) is 1. The van der Waals surface area contributed by atoms with Gasteiger partial charge in [0.25, 0.3) is 0 Å². The van der Waals surface area contributed by atoms with Crippen LogP contribution in [0, 0.1) is 0 Å². The smallest absolute Gasteiger partial charge is 0.0207 e. The molecule has 0 aliphatic heterocycles. The van der Waals surface area contributed by atoms with Gasteiger partial charge in [0.1, 0.15) is 0 Å². The second-order valence-corrected chi connectivity index (χ2v) is 7.41. The molecule has 1 atom stereocenters. The van der Waals surface area contributed by atoms with Crippen molar-refractivity contribution < 1.29 is 0 Å². The molecule has 0 saturated heterocycles. The zero-order valence-electron chi connectivity index (χ0n) is 11.3. The molecule has 0 heterocycles. The Kier molecular flexibility index (Phi) is 6.62. The number of halogens is 2. The Hall–Kier alpha value is -0.290. The monoisotopic (exact) mass is 413 g/mol. The van der Waals surface area contributed by atoms with E-state index in [9.17, 15) is 0 Å². The molecule has 0 aliphatic rings. The fraction of sp³-hybridized carbons (Fsp3) is 0.250. The molecule has 2 aromatic rings. The summed E-state index contributed by atoms with van der Waals surface area (Å²) in [4.78, 5) is 1.31. The van der Waals surface area contributed by atoms with Gasteiger partial charge in [-0.15, -0.1) is 11.8 Å². The molecule has 2 rings (SSSR count). The van der Waals surface area contributed by atoms with Crippen molar-refractivity contribution in [2.24, 2.45) is 0 Å². The molecule has 0 aromatic heterocycles. The predicted octanol–water partition coefficient (Wildman–Crippen LogP) is 5.13. The van der Waals surface area contributed by atoms with Gasteiger partial charge in [-0.1, -0.05) is 50.1 Å². The van der Waals surface area contributed by atoms with E-state index in [2.05, 4.69) is 85.7 Å². The fourth-order valence-corrected chi connectivity index (χ4v) is 3.62. The van der Waals surface area contributed by atoms with Crippen molar-refractivity contribution in [1.29, 1.82) is 0 Å². The summed E-state index contributed by atoms with van der Waals surface area (Å²) >= 11 is 8.97. The van der Waals surface area contributed by atoms with Crippen LogP contribution in [0.4, 0.5) is 0 Å². The highest BCUT2D eigenvalue weighted by atomic mass is 79.9. The third kappa shape index (κ3) is 4.92. The van der Waals surface area contributed by atoms with Crippen molar-refractivity contribution in [1.82, 2.24) is 5.32 Å². The summed E-state index contributed by atoms with van der Waals surface area (Å²) in [6.45, 7) is 0. The largest absolute Gasteiger partial charge is 0.316 e. The van der Waals surface area contributed by atoms with Crippen LogP contribution >= 0.6 is 43.6 Å². The van der Waals surface area contributed by atoms with Gasteiger partial charge in [0, 0.05) is 25.6 Å². The maximum Gasteiger partial charge on any atom is 0.0207 e. The first-order valence-corrected chi connectivity index (χ1v) is 9.05. The van der Waals surface area contributed by atoms with Crippen LogP contribution in [0.2, 0.25) is 0 Å². The Labute approximate surface area is 141 Å². The van der Waals surface area contributed by atoms with E-state index in [1.807, 2.05) is 18.8 Å². The zero-order chi connectivity index (χ0) is 14.4. The number of benzene rings is 2. The molecule has 0 fully saturated rings. The van der Waals surface area contributed by atoms with Crippen LogP contribution in [-0.2, 0) is 6.42 Å². The van der Waals surface area contributed by atoms with Crippen molar-refractivity contribution >= 4 is 43.6 Å². The molecule has 1 unspecified atom stereocenters. The van der Waals surface area contributed by atoms with Gasteiger partial charge in [0.15, 0.2) is 0 Å². The lowest BCUT2D eigenvalue weighted by molar-refractivity contribution is 0.616. The Morgan fingerprint density at radius 1 is 1.05 bits per heavy atom. The quantitative estimate of drug-likeness (QED) is 0.657. The van der Waals surface area contributed by atoms with Gasteiger partial charge in [-0.3, -0.25) is 0 Å². The van der Waals surface area contributed by atoms with Crippen molar-refractivity contribution in [3.05, 3.63) is 63.0 Å². The molecule has 1 nitrogen and oxygen atoms in total. The molecule has 0 amide bonds. The van der Waals surface area contributed by atoms with E-state index in [1.54, 1.807) is 0 Å². The summed E-state index contributed by atoms with van der Waals surface area (Å²) in [6.07, 6.45) is 1.03. The van der Waals surface area contributed by atoms with Crippen molar-refractivity contribution in [3.63, 3.8) is 0 Å². The molecule has 2 aromatic carbocycles. The highest BCUT2D eigenvalue weighted by Gasteiger charge is 2.10. The van der Waals surface area contributed by atoms with Gasteiger partial charge in [-0.05, 0) is 49.4 Å². The zero-order valence-corrected chi connectivity index (χ0v) is 15.3. The standard InChI is InChI=1S/C16H17Br2NS/c1-19-14(10-12-4-2-3-5-16(12)18)11-20-15-8-6-13(17)7-9-15/h2-9,14,19H,10-11H2,1H3. The molecule has 106 valence electrons. The lowest BCUT2D eigenvalue weighted by atomic mass is 10.1. The third-order valence-electron chi connectivity index (χ3n) is 3.10. The summed E-state index contributed by atoms with van der Waals surface area (Å²) in [5.41, 5.74) is 1.35. The first kappa shape index (κ1) is 16.1. The number of likely N-dealkylation sites (N-methyl/N-ethyl adjacent to an activating group) is 1. The average molecular weight is 415 g/mol. The van der Waals surface area contributed by atoms with Crippen LogP contribution in [0.5, 0.6) is 0 Å². The SMILES string of the molecule is CNC(CSc1ccc(Br)cc1)Cc1ccccc1Br. The van der Waals surface area contributed by atoms with Crippen LogP contribution in [0.1, 0.15) is 5.56 Å². The van der Waals surface area contributed by atoms with Gasteiger partial charge in [0.05, 0.1) is 0 Å². The molecule has 0 bridgehead atoms. The molecule has 0 saturated carbocycles. The van der Waals surface area contributed by atoms with Gasteiger partial charge < -0.3 is 5.32 Å². The van der Waals surface area contributed by atoms with Crippen molar-refractivity contribution in [2.45, 2.75) is 17.4 Å². The van der Waals surface area contributed by atoms with Crippen LogP contribution in [-0.4, -0.2) is 18.8 Å². The molecular formula is C16H17Br2NS. The summed E-state index contributed by atoms with van der Waals surface area (Å²) in [7, 11) is 2.03. The normalized spacial score (nSPS) is 12.3. The minimum atomic E-state index is 0.461. The fourth-order valence-electron chi connectivity index (χ4n) is 1.90. The Bertz CT molecular complexity index is 542. The Morgan fingerprint density at radius 3 is 2.40 bits per heavy atom. The molecule has 4 heteroatoms. The highest BCUT2D eigenvalue weighted by Crippen LogP contribution is 2.23. The lowest BCUT2D eigenvalue weighted by Gasteiger charge is -2.16. The number of rotatable bonds is 6. The van der Waals surface area contributed by atoms with Crippen molar-refractivity contribution in [2.75, 3.05) is 12.8 Å². The second kappa shape index (κ2) is 8.23. The highest BCUT2D eigenvalue weighted by molar-refractivity contribution is 9.10. The van der Waals surface area contributed by atoms with E-state index < -0.39 is 0 Å². The Balaban J connectivity index is 1.92. The predicted molar refractivity (Wildman–Crippen MR) is 95.6 cm³/mol. The minimum absolute atomic E-state index is 0.461. The molecule has 1 N–H and O–H groups in total. The van der Waals surface area contributed by atoms with Gasteiger partial charge in [-0.2, -0.15) is 0 Å². The molecule has 20 heavy (non-hydrogen) atoms. The first-order chi connectivity index (χ1) is 9.69. The summed E-state index contributed by atoms with van der Waals surface area (Å²) < 4.78 is 2.31. The maximum atomic E-state index is 3.62. The van der Waals surface area contributed by atoms with Crippen LogP contribution in [0.25, 0.3) is 0 Å². The van der Waals surface area contributed by atoms with Gasteiger partial charge in [0.2, 0.25) is 0 Å². The molecule has 0 spiro atoms.